The molecule has 0 bridgehead atoms. The molecule has 0 unspecified atom stereocenters. The normalized spacial score (nSPS) is 13.2. The Morgan fingerprint density at radius 3 is 2.60 bits per heavy atom. The Kier molecular flexibility index (Phi) is 6.95. The van der Waals surface area contributed by atoms with Crippen molar-refractivity contribution in [3.8, 4) is 28.4 Å². The van der Waals surface area contributed by atoms with Crippen LogP contribution in [0.3, 0.4) is 0 Å². The molecule has 0 saturated heterocycles. The molecule has 3 N–H and O–H groups in total. The van der Waals surface area contributed by atoms with Crippen LogP contribution in [0, 0.1) is 0 Å². The number of nitrogens with one attached hydrogen (secondary N) is 1. The smallest absolute Gasteiger partial charge is 0.248 e. The molecule has 1 fully saturated rings. The van der Waals surface area contributed by atoms with Crippen molar-refractivity contribution in [2.45, 2.75) is 18.9 Å². The van der Waals surface area contributed by atoms with E-state index < -0.39 is 0 Å². The zero-order valence-electron chi connectivity index (χ0n) is 22.1. The number of hydrogen-bond donors (Lipinski definition) is 2. The molecule has 0 aliphatic heterocycles. The van der Waals surface area contributed by atoms with Gasteiger partial charge >= 0.3 is 0 Å². The molecule has 2 heterocycles. The average Bonchev–Trinajstić information content (AvgIpc) is 3.75. The molecule has 200 valence electrons. The number of nitrogens with two attached hydrogens (primary N) is 1. The zero-order valence-corrected chi connectivity index (χ0v) is 22.1. The molecule has 1 saturated carbocycles. The number of para-hydroxylation sites is 1. The number of anilines is 2. The number of ether oxygens (including phenoxy) is 1. The standard InChI is InChI=1S/C31H29N7O2/c1-37(23-14-15-23)18-6-11-27(39)35-22-7-5-8-24(19-22)38-31-28(30(32)33-20-34-31)29(36-38)21-12-16-26(17-13-21)40-25-9-3-2-4-10-25/h2-13,16-17,19-20,23H,14-15,18H2,1H3,(H,35,39)(H2,32,33,34). The maximum absolute atomic E-state index is 12.5. The van der Waals surface area contributed by atoms with Crippen LogP contribution in [0.15, 0.2) is 97.3 Å². The quantitative estimate of drug-likeness (QED) is 0.243. The van der Waals surface area contributed by atoms with Gasteiger partial charge < -0.3 is 15.8 Å². The summed E-state index contributed by atoms with van der Waals surface area (Å²) in [6.45, 7) is 0.751. The fraction of sp³-hybridized carbons (Fsp3) is 0.161. The molecule has 3 aromatic carbocycles. The largest absolute Gasteiger partial charge is 0.457 e. The van der Waals surface area contributed by atoms with Gasteiger partial charge in [-0.1, -0.05) is 30.3 Å². The number of fused-ring (bicyclic) bond motifs is 1. The Morgan fingerprint density at radius 1 is 1.05 bits per heavy atom. The van der Waals surface area contributed by atoms with E-state index in [-0.39, 0.29) is 5.91 Å². The highest BCUT2D eigenvalue weighted by Crippen LogP contribution is 2.33. The van der Waals surface area contributed by atoms with Crippen molar-refractivity contribution in [1.29, 1.82) is 0 Å². The number of carbonyl (C=O) groups excluding carboxylic acids is 1. The molecule has 5 aromatic rings. The lowest BCUT2D eigenvalue weighted by Crippen LogP contribution is -2.20. The lowest BCUT2D eigenvalue weighted by molar-refractivity contribution is -0.111. The van der Waals surface area contributed by atoms with Crippen LogP contribution in [-0.2, 0) is 4.79 Å². The lowest BCUT2D eigenvalue weighted by atomic mass is 10.1. The first kappa shape index (κ1) is 25.3. The molecular weight excluding hydrogens is 502 g/mol. The molecule has 1 aliphatic carbocycles. The van der Waals surface area contributed by atoms with E-state index in [1.807, 2.05) is 84.9 Å². The highest BCUT2D eigenvalue weighted by molar-refractivity contribution is 6.00. The monoisotopic (exact) mass is 531 g/mol. The highest BCUT2D eigenvalue weighted by atomic mass is 16.5. The molecule has 6 rings (SSSR count). The number of amides is 1. The van der Waals surface area contributed by atoms with Crippen molar-refractivity contribution < 1.29 is 9.53 Å². The van der Waals surface area contributed by atoms with Gasteiger partial charge in [-0.05, 0) is 74.5 Å². The van der Waals surface area contributed by atoms with Gasteiger partial charge in [0.05, 0.1) is 11.1 Å². The summed E-state index contributed by atoms with van der Waals surface area (Å²) in [5.41, 5.74) is 9.75. The fourth-order valence-corrected chi connectivity index (χ4v) is 4.55. The van der Waals surface area contributed by atoms with Crippen molar-refractivity contribution in [2.75, 3.05) is 24.6 Å². The molecule has 1 amide bonds. The Hall–Kier alpha value is -5.02. The Balaban J connectivity index is 1.26. The summed E-state index contributed by atoms with van der Waals surface area (Å²) < 4.78 is 7.65. The van der Waals surface area contributed by atoms with Crippen LogP contribution < -0.4 is 15.8 Å². The van der Waals surface area contributed by atoms with Gasteiger partial charge in [0.2, 0.25) is 5.91 Å². The minimum atomic E-state index is -0.184. The third kappa shape index (κ3) is 5.55. The second kappa shape index (κ2) is 11.0. The Labute approximate surface area is 231 Å². The number of hydrogen-bond acceptors (Lipinski definition) is 7. The minimum Gasteiger partial charge on any atom is -0.457 e. The predicted octanol–water partition coefficient (Wildman–Crippen LogP) is 5.45. The van der Waals surface area contributed by atoms with Gasteiger partial charge in [-0.2, -0.15) is 5.10 Å². The van der Waals surface area contributed by atoms with E-state index in [1.165, 1.54) is 19.2 Å². The van der Waals surface area contributed by atoms with Crippen molar-refractivity contribution in [1.82, 2.24) is 24.6 Å². The Bertz CT molecular complexity index is 1680. The van der Waals surface area contributed by atoms with Crippen LogP contribution in [0.5, 0.6) is 11.5 Å². The van der Waals surface area contributed by atoms with Gasteiger partial charge in [0.15, 0.2) is 5.65 Å². The van der Waals surface area contributed by atoms with Crippen molar-refractivity contribution in [3.63, 3.8) is 0 Å². The summed E-state index contributed by atoms with van der Waals surface area (Å²) in [5.74, 6) is 1.62. The number of nitrogen functional groups attached to an aromatic ring is 1. The van der Waals surface area contributed by atoms with Gasteiger partial charge in [-0.3, -0.25) is 9.69 Å². The van der Waals surface area contributed by atoms with Crippen molar-refractivity contribution in [2.24, 2.45) is 0 Å². The lowest BCUT2D eigenvalue weighted by Gasteiger charge is -2.11. The molecule has 1 aliphatic rings. The molecule has 2 aromatic heterocycles. The van der Waals surface area contributed by atoms with Crippen molar-refractivity contribution in [3.05, 3.63) is 97.3 Å². The first-order valence-electron chi connectivity index (χ1n) is 13.2. The molecule has 40 heavy (non-hydrogen) atoms. The summed E-state index contributed by atoms with van der Waals surface area (Å²) in [4.78, 5) is 23.5. The number of aromatic nitrogens is 4. The molecule has 0 atom stereocenters. The van der Waals surface area contributed by atoms with Gasteiger partial charge in [-0.15, -0.1) is 0 Å². The summed E-state index contributed by atoms with van der Waals surface area (Å²) in [7, 11) is 2.08. The van der Waals surface area contributed by atoms with E-state index in [9.17, 15) is 4.79 Å². The van der Waals surface area contributed by atoms with Gasteiger partial charge in [0, 0.05) is 29.9 Å². The number of benzene rings is 3. The number of rotatable bonds is 9. The first-order chi connectivity index (χ1) is 19.5. The van der Waals surface area contributed by atoms with Crippen molar-refractivity contribution >= 4 is 28.4 Å². The maximum Gasteiger partial charge on any atom is 0.248 e. The van der Waals surface area contributed by atoms with Gasteiger partial charge in [0.1, 0.15) is 29.3 Å². The molecule has 0 radical (unpaired) electrons. The number of carbonyl (C=O) groups is 1. The van der Waals surface area contributed by atoms with Crippen LogP contribution in [-0.4, -0.2) is 50.2 Å². The van der Waals surface area contributed by atoms with E-state index in [0.717, 1.165) is 23.5 Å². The molecule has 9 nitrogen and oxygen atoms in total. The summed E-state index contributed by atoms with van der Waals surface area (Å²) in [6, 6.07) is 25.4. The van der Waals surface area contributed by atoms with Crippen LogP contribution in [0.2, 0.25) is 0 Å². The highest BCUT2D eigenvalue weighted by Gasteiger charge is 2.25. The van der Waals surface area contributed by atoms with E-state index in [2.05, 4.69) is 27.2 Å². The second-order valence-electron chi connectivity index (χ2n) is 9.77. The maximum atomic E-state index is 12.5. The van der Waals surface area contributed by atoms with E-state index in [0.29, 0.717) is 40.0 Å². The average molecular weight is 532 g/mol. The van der Waals surface area contributed by atoms with Gasteiger partial charge in [-0.25, -0.2) is 14.6 Å². The SMILES string of the molecule is CN(CC=CC(=O)Nc1cccc(-n2nc(-c3ccc(Oc4ccccc4)cc3)c3c(N)ncnc32)c1)C1CC1. The third-order valence-electron chi connectivity index (χ3n) is 6.79. The number of nitrogens with zero attached hydrogens (tertiary/aromatic N) is 5. The van der Waals surface area contributed by atoms with Gasteiger partial charge in [0.25, 0.3) is 0 Å². The second-order valence-corrected chi connectivity index (χ2v) is 9.77. The van der Waals surface area contributed by atoms with E-state index in [4.69, 9.17) is 15.6 Å². The third-order valence-corrected chi connectivity index (χ3v) is 6.79. The van der Waals surface area contributed by atoms with Crippen LogP contribution in [0.25, 0.3) is 28.0 Å². The Morgan fingerprint density at radius 2 is 1.82 bits per heavy atom. The molecular formula is C31H29N7O2. The zero-order chi connectivity index (χ0) is 27.5. The topological polar surface area (TPSA) is 111 Å². The molecule has 0 spiro atoms. The van der Waals surface area contributed by atoms with Crippen LogP contribution in [0.1, 0.15) is 12.8 Å². The predicted molar refractivity (Wildman–Crippen MR) is 156 cm³/mol. The molecule has 9 heteroatoms. The van der Waals surface area contributed by atoms with Crippen LogP contribution >= 0.6 is 0 Å². The van der Waals surface area contributed by atoms with E-state index >= 15 is 0 Å². The summed E-state index contributed by atoms with van der Waals surface area (Å²) in [5, 5.41) is 8.46. The first-order valence-corrected chi connectivity index (χ1v) is 13.2. The van der Waals surface area contributed by atoms with E-state index in [1.54, 1.807) is 10.8 Å². The fourth-order valence-electron chi connectivity index (χ4n) is 4.55. The summed E-state index contributed by atoms with van der Waals surface area (Å²) in [6.07, 6.45) is 7.35. The van der Waals surface area contributed by atoms with Crippen LogP contribution in [0.4, 0.5) is 11.5 Å². The minimum absolute atomic E-state index is 0.184. The summed E-state index contributed by atoms with van der Waals surface area (Å²) >= 11 is 0. The number of likely N-dealkylation sites (N-methyl/N-ethyl adjacent to an activating group) is 1.